The van der Waals surface area contributed by atoms with E-state index in [4.69, 9.17) is 15.2 Å². The fourth-order valence-corrected chi connectivity index (χ4v) is 2.60. The van der Waals surface area contributed by atoms with Crippen LogP contribution in [0, 0.1) is 6.92 Å². The summed E-state index contributed by atoms with van der Waals surface area (Å²) in [6, 6.07) is 3.93. The smallest absolute Gasteiger partial charge is 0.201 e. The van der Waals surface area contributed by atoms with E-state index in [-0.39, 0.29) is 0 Å². The first kappa shape index (κ1) is 12.3. The number of halogens is 1. The third-order valence-corrected chi connectivity index (χ3v) is 4.11. The number of aryl methyl sites for hydroxylation is 1. The van der Waals surface area contributed by atoms with Crippen molar-refractivity contribution in [1.82, 2.24) is 9.55 Å². The molecule has 0 aliphatic carbocycles. The SMILES string of the molecule is Cc1cc2c(cc1-c1nc(N)n(C)c1Br)OCCO2. The number of ether oxygens (including phenoxy) is 2. The molecular formula is C13H14BrN3O2. The summed E-state index contributed by atoms with van der Waals surface area (Å²) in [6.07, 6.45) is 0. The summed E-state index contributed by atoms with van der Waals surface area (Å²) in [6.45, 7) is 3.18. The summed E-state index contributed by atoms with van der Waals surface area (Å²) in [5, 5.41) is 0. The number of nitrogens with two attached hydrogens (primary N) is 1. The van der Waals surface area contributed by atoms with Crippen LogP contribution in [0.1, 0.15) is 5.56 Å². The van der Waals surface area contributed by atoms with E-state index in [0.29, 0.717) is 19.2 Å². The highest BCUT2D eigenvalue weighted by Crippen LogP contribution is 2.39. The molecular weight excluding hydrogens is 310 g/mol. The van der Waals surface area contributed by atoms with Gasteiger partial charge in [-0.3, -0.25) is 0 Å². The maximum Gasteiger partial charge on any atom is 0.201 e. The standard InChI is InChI=1S/C13H14BrN3O2/c1-7-5-9-10(19-4-3-18-9)6-8(7)11-12(14)17(2)13(15)16-11/h5-6H,3-4H2,1-2H3,(H2,15,16). The Bertz CT molecular complexity index is 652. The van der Waals surface area contributed by atoms with Gasteiger partial charge in [0.25, 0.3) is 0 Å². The minimum atomic E-state index is 0.469. The van der Waals surface area contributed by atoms with Crippen molar-refractivity contribution in [3.05, 3.63) is 22.3 Å². The highest BCUT2D eigenvalue weighted by Gasteiger charge is 2.19. The van der Waals surface area contributed by atoms with Crippen LogP contribution in [0.2, 0.25) is 0 Å². The number of fused-ring (bicyclic) bond motifs is 1. The minimum absolute atomic E-state index is 0.469. The molecule has 0 saturated carbocycles. The van der Waals surface area contributed by atoms with Gasteiger partial charge in [-0.2, -0.15) is 0 Å². The van der Waals surface area contributed by atoms with Gasteiger partial charge in [0.05, 0.1) is 0 Å². The Labute approximate surface area is 119 Å². The predicted molar refractivity (Wildman–Crippen MR) is 76.5 cm³/mol. The summed E-state index contributed by atoms with van der Waals surface area (Å²) in [5.74, 6) is 2.01. The molecule has 5 nitrogen and oxygen atoms in total. The van der Waals surface area contributed by atoms with Gasteiger partial charge < -0.3 is 19.8 Å². The van der Waals surface area contributed by atoms with Crippen molar-refractivity contribution in [3.8, 4) is 22.8 Å². The first-order chi connectivity index (χ1) is 9.08. The van der Waals surface area contributed by atoms with Crippen LogP contribution in [0.15, 0.2) is 16.7 Å². The predicted octanol–water partition coefficient (Wildman–Crippen LogP) is 2.51. The van der Waals surface area contributed by atoms with Crippen molar-refractivity contribution in [2.24, 2.45) is 7.05 Å². The van der Waals surface area contributed by atoms with Gasteiger partial charge in [-0.05, 0) is 40.5 Å². The zero-order valence-electron chi connectivity index (χ0n) is 10.7. The van der Waals surface area contributed by atoms with Crippen molar-refractivity contribution in [2.75, 3.05) is 18.9 Å². The number of anilines is 1. The lowest BCUT2D eigenvalue weighted by Gasteiger charge is -2.20. The molecule has 0 saturated heterocycles. The molecule has 19 heavy (non-hydrogen) atoms. The fourth-order valence-electron chi connectivity index (χ4n) is 2.11. The first-order valence-corrected chi connectivity index (χ1v) is 6.75. The molecule has 2 heterocycles. The van der Waals surface area contributed by atoms with Gasteiger partial charge in [-0.15, -0.1) is 0 Å². The van der Waals surface area contributed by atoms with Gasteiger partial charge in [0.2, 0.25) is 5.95 Å². The Morgan fingerprint density at radius 2 is 1.89 bits per heavy atom. The van der Waals surface area contributed by atoms with E-state index in [1.54, 1.807) is 4.57 Å². The Hall–Kier alpha value is -1.69. The normalized spacial score (nSPS) is 13.6. The third-order valence-electron chi connectivity index (χ3n) is 3.20. The molecule has 0 radical (unpaired) electrons. The van der Waals surface area contributed by atoms with Crippen LogP contribution in [0.3, 0.4) is 0 Å². The molecule has 1 aromatic carbocycles. The molecule has 0 amide bonds. The van der Waals surface area contributed by atoms with Gasteiger partial charge in [-0.25, -0.2) is 4.98 Å². The van der Waals surface area contributed by atoms with Crippen molar-refractivity contribution >= 4 is 21.9 Å². The van der Waals surface area contributed by atoms with E-state index in [1.165, 1.54) is 0 Å². The molecule has 2 N–H and O–H groups in total. The van der Waals surface area contributed by atoms with Crippen LogP contribution in [-0.2, 0) is 7.05 Å². The average molecular weight is 324 g/mol. The third kappa shape index (κ3) is 1.96. The van der Waals surface area contributed by atoms with Crippen LogP contribution in [0.5, 0.6) is 11.5 Å². The van der Waals surface area contributed by atoms with E-state index < -0.39 is 0 Å². The van der Waals surface area contributed by atoms with E-state index in [9.17, 15) is 0 Å². The Balaban J connectivity index is 2.17. The maximum absolute atomic E-state index is 5.83. The number of aromatic nitrogens is 2. The molecule has 100 valence electrons. The maximum atomic E-state index is 5.83. The Morgan fingerprint density at radius 3 is 2.47 bits per heavy atom. The molecule has 0 bridgehead atoms. The van der Waals surface area contributed by atoms with Crippen molar-refractivity contribution in [1.29, 1.82) is 0 Å². The number of rotatable bonds is 1. The number of nitrogens with zero attached hydrogens (tertiary/aromatic N) is 2. The highest BCUT2D eigenvalue weighted by atomic mass is 79.9. The van der Waals surface area contributed by atoms with Gasteiger partial charge in [-0.1, -0.05) is 0 Å². The van der Waals surface area contributed by atoms with Crippen LogP contribution in [-0.4, -0.2) is 22.8 Å². The second-order valence-electron chi connectivity index (χ2n) is 4.48. The molecule has 0 unspecified atom stereocenters. The monoisotopic (exact) mass is 323 g/mol. The summed E-state index contributed by atoms with van der Waals surface area (Å²) in [5.41, 5.74) is 8.71. The summed E-state index contributed by atoms with van der Waals surface area (Å²) < 4.78 is 13.8. The van der Waals surface area contributed by atoms with Crippen LogP contribution in [0.25, 0.3) is 11.3 Å². The van der Waals surface area contributed by atoms with Gasteiger partial charge in [0, 0.05) is 12.6 Å². The average Bonchev–Trinajstić information content (AvgIpc) is 2.66. The van der Waals surface area contributed by atoms with E-state index in [1.807, 2.05) is 26.1 Å². The lowest BCUT2D eigenvalue weighted by molar-refractivity contribution is 0.171. The second kappa shape index (κ2) is 4.45. The van der Waals surface area contributed by atoms with Crippen LogP contribution >= 0.6 is 15.9 Å². The van der Waals surface area contributed by atoms with E-state index in [0.717, 1.165) is 32.9 Å². The summed E-state index contributed by atoms with van der Waals surface area (Å²) in [4.78, 5) is 4.39. The largest absolute Gasteiger partial charge is 0.486 e. The molecule has 0 atom stereocenters. The minimum Gasteiger partial charge on any atom is -0.486 e. The Kier molecular flexibility index (Phi) is 2.89. The van der Waals surface area contributed by atoms with Crippen molar-refractivity contribution in [3.63, 3.8) is 0 Å². The topological polar surface area (TPSA) is 62.3 Å². The first-order valence-electron chi connectivity index (χ1n) is 5.96. The zero-order chi connectivity index (χ0) is 13.6. The zero-order valence-corrected chi connectivity index (χ0v) is 12.3. The summed E-state index contributed by atoms with van der Waals surface area (Å²) in [7, 11) is 1.86. The van der Waals surface area contributed by atoms with Gasteiger partial charge >= 0.3 is 0 Å². The lowest BCUT2D eigenvalue weighted by atomic mass is 10.0. The lowest BCUT2D eigenvalue weighted by Crippen LogP contribution is -2.15. The Morgan fingerprint density at radius 1 is 1.26 bits per heavy atom. The highest BCUT2D eigenvalue weighted by molar-refractivity contribution is 9.10. The molecule has 1 aliphatic heterocycles. The van der Waals surface area contributed by atoms with E-state index in [2.05, 4.69) is 20.9 Å². The molecule has 6 heteroatoms. The second-order valence-corrected chi connectivity index (χ2v) is 5.23. The number of hydrogen-bond donors (Lipinski definition) is 1. The fraction of sp³-hybridized carbons (Fsp3) is 0.308. The number of imidazole rings is 1. The number of benzene rings is 1. The molecule has 1 aromatic heterocycles. The van der Waals surface area contributed by atoms with Crippen molar-refractivity contribution in [2.45, 2.75) is 6.92 Å². The molecule has 0 fully saturated rings. The van der Waals surface area contributed by atoms with Crippen molar-refractivity contribution < 1.29 is 9.47 Å². The molecule has 1 aliphatic rings. The number of nitrogen functional groups attached to an aromatic ring is 1. The molecule has 2 aromatic rings. The van der Waals surface area contributed by atoms with Crippen LogP contribution < -0.4 is 15.2 Å². The van der Waals surface area contributed by atoms with Gasteiger partial charge in [0.15, 0.2) is 11.5 Å². The quantitative estimate of drug-likeness (QED) is 0.875. The summed E-state index contributed by atoms with van der Waals surface area (Å²) >= 11 is 3.52. The van der Waals surface area contributed by atoms with E-state index >= 15 is 0 Å². The van der Waals surface area contributed by atoms with Crippen LogP contribution in [0.4, 0.5) is 5.95 Å². The number of hydrogen-bond acceptors (Lipinski definition) is 4. The van der Waals surface area contributed by atoms with Gasteiger partial charge in [0.1, 0.15) is 23.5 Å². The molecule has 0 spiro atoms. The molecule has 3 rings (SSSR count).